The van der Waals surface area contributed by atoms with Gasteiger partial charge in [-0.05, 0) is 54.4 Å². The molecule has 1 aliphatic heterocycles. The average molecular weight is 463 g/mol. The summed E-state index contributed by atoms with van der Waals surface area (Å²) in [6.07, 6.45) is 3.16. The predicted octanol–water partition coefficient (Wildman–Crippen LogP) is 5.02. The molecule has 0 spiro atoms. The lowest BCUT2D eigenvalue weighted by Gasteiger charge is -2.17. The van der Waals surface area contributed by atoms with Crippen LogP contribution < -0.4 is 9.75 Å². The summed E-state index contributed by atoms with van der Waals surface area (Å²) in [5.41, 5.74) is 2.68. The average Bonchev–Trinajstić information content (AvgIpc) is 3.12. The largest absolute Gasteiger partial charge is 0.496 e. The Morgan fingerprint density at radius 3 is 2.53 bits per heavy atom. The third-order valence-electron chi connectivity index (χ3n) is 5.68. The van der Waals surface area contributed by atoms with E-state index in [1.807, 2.05) is 12.1 Å². The SMILES string of the molecule is COc1ccc(N2N=C(C)C(C(=O)Cc3cccc(C(C)(F)F)c3)C2=O)cc1-c1ccncc1. The van der Waals surface area contributed by atoms with E-state index in [2.05, 4.69) is 10.1 Å². The number of ketones is 1. The maximum absolute atomic E-state index is 13.7. The minimum atomic E-state index is -3.02. The van der Waals surface area contributed by atoms with E-state index in [0.29, 0.717) is 22.7 Å². The Morgan fingerprint density at radius 2 is 1.85 bits per heavy atom. The van der Waals surface area contributed by atoms with Crippen molar-refractivity contribution >= 4 is 23.1 Å². The molecule has 34 heavy (non-hydrogen) atoms. The first kappa shape index (κ1) is 23.2. The van der Waals surface area contributed by atoms with Crippen molar-refractivity contribution < 1.29 is 23.1 Å². The van der Waals surface area contributed by atoms with E-state index >= 15 is 0 Å². The number of aromatic nitrogens is 1. The number of hydrazone groups is 1. The number of pyridine rings is 1. The smallest absolute Gasteiger partial charge is 0.270 e. The van der Waals surface area contributed by atoms with Crippen LogP contribution in [0.1, 0.15) is 25.0 Å². The highest BCUT2D eigenvalue weighted by Crippen LogP contribution is 2.35. The number of amides is 1. The van der Waals surface area contributed by atoms with Crippen LogP contribution in [0.4, 0.5) is 14.5 Å². The quantitative estimate of drug-likeness (QED) is 0.462. The fraction of sp³-hybridized carbons (Fsp3) is 0.231. The number of carbonyl (C=O) groups is 2. The summed E-state index contributed by atoms with van der Waals surface area (Å²) >= 11 is 0. The topological polar surface area (TPSA) is 71.9 Å². The number of anilines is 1. The van der Waals surface area contributed by atoms with Crippen LogP contribution in [0.25, 0.3) is 11.1 Å². The molecule has 0 radical (unpaired) electrons. The highest BCUT2D eigenvalue weighted by Gasteiger charge is 2.39. The number of Topliss-reactive ketones (excluding diaryl/α,β-unsaturated/α-hetero) is 1. The first-order valence-electron chi connectivity index (χ1n) is 10.7. The molecule has 2 aromatic carbocycles. The number of hydrogen-bond acceptors (Lipinski definition) is 5. The first-order chi connectivity index (χ1) is 16.2. The normalized spacial score (nSPS) is 15.9. The number of ether oxygens (including phenoxy) is 1. The van der Waals surface area contributed by atoms with Gasteiger partial charge in [0.1, 0.15) is 11.7 Å². The second-order valence-corrected chi connectivity index (χ2v) is 8.18. The maximum atomic E-state index is 13.7. The van der Waals surface area contributed by atoms with Crippen molar-refractivity contribution in [1.82, 2.24) is 4.98 Å². The van der Waals surface area contributed by atoms with E-state index in [-0.39, 0.29) is 12.0 Å². The summed E-state index contributed by atoms with van der Waals surface area (Å²) in [5.74, 6) is -4.35. The van der Waals surface area contributed by atoms with Crippen LogP contribution in [-0.2, 0) is 21.9 Å². The second-order valence-electron chi connectivity index (χ2n) is 8.18. The van der Waals surface area contributed by atoms with Gasteiger partial charge in [0.15, 0.2) is 5.78 Å². The Morgan fingerprint density at radius 1 is 1.12 bits per heavy atom. The van der Waals surface area contributed by atoms with Crippen molar-refractivity contribution in [3.8, 4) is 16.9 Å². The standard InChI is InChI=1S/C26H23F2N3O3/c1-16-24(22(32)14-17-5-4-6-19(13-17)26(2,27)28)25(33)31(30-16)20-7-8-23(34-3)21(15-20)18-9-11-29-12-10-18/h4-13,15,24H,14H2,1-3H3. The Labute approximate surface area is 195 Å². The number of hydrogen-bond donors (Lipinski definition) is 0. The third-order valence-corrected chi connectivity index (χ3v) is 5.68. The van der Waals surface area contributed by atoms with Crippen molar-refractivity contribution in [3.63, 3.8) is 0 Å². The van der Waals surface area contributed by atoms with Gasteiger partial charge in [-0.1, -0.05) is 18.2 Å². The lowest BCUT2D eigenvalue weighted by atomic mass is 9.93. The number of halogens is 2. The lowest BCUT2D eigenvalue weighted by Crippen LogP contribution is -2.33. The van der Waals surface area contributed by atoms with Gasteiger partial charge in [0, 0.05) is 36.9 Å². The number of rotatable bonds is 7. The monoisotopic (exact) mass is 463 g/mol. The van der Waals surface area contributed by atoms with E-state index in [0.717, 1.165) is 18.1 Å². The minimum absolute atomic E-state index is 0.147. The molecule has 8 heteroatoms. The molecule has 0 bridgehead atoms. The molecule has 2 heterocycles. The van der Waals surface area contributed by atoms with Gasteiger partial charge in [-0.25, -0.2) is 8.78 Å². The fourth-order valence-corrected chi connectivity index (χ4v) is 3.96. The van der Waals surface area contributed by atoms with Crippen LogP contribution in [0.5, 0.6) is 5.75 Å². The van der Waals surface area contributed by atoms with Crippen LogP contribution in [-0.4, -0.2) is 29.5 Å². The van der Waals surface area contributed by atoms with Crippen LogP contribution in [0.3, 0.4) is 0 Å². The van der Waals surface area contributed by atoms with Gasteiger partial charge in [0.25, 0.3) is 11.8 Å². The van der Waals surface area contributed by atoms with Crippen LogP contribution in [0.15, 0.2) is 72.1 Å². The number of methoxy groups -OCH3 is 1. The molecule has 0 N–H and O–H groups in total. The molecule has 0 aliphatic carbocycles. The zero-order valence-corrected chi connectivity index (χ0v) is 19.0. The van der Waals surface area contributed by atoms with Crippen LogP contribution in [0.2, 0.25) is 0 Å². The van der Waals surface area contributed by atoms with E-state index < -0.39 is 23.5 Å². The molecule has 6 nitrogen and oxygen atoms in total. The van der Waals surface area contributed by atoms with Gasteiger partial charge in [0.2, 0.25) is 0 Å². The van der Waals surface area contributed by atoms with Crippen LogP contribution in [0, 0.1) is 5.92 Å². The minimum Gasteiger partial charge on any atom is -0.496 e. The molecule has 0 saturated heterocycles. The molecule has 1 aromatic heterocycles. The summed E-state index contributed by atoms with van der Waals surface area (Å²) < 4.78 is 32.8. The van der Waals surface area contributed by atoms with Gasteiger partial charge >= 0.3 is 0 Å². The number of alkyl halides is 2. The zero-order valence-electron chi connectivity index (χ0n) is 19.0. The molecule has 1 atom stereocenters. The molecule has 4 rings (SSSR count). The van der Waals surface area contributed by atoms with Crippen LogP contribution >= 0.6 is 0 Å². The highest BCUT2D eigenvalue weighted by molar-refractivity contribution is 6.27. The van der Waals surface area contributed by atoms with Crippen molar-refractivity contribution in [2.75, 3.05) is 12.1 Å². The summed E-state index contributed by atoms with van der Waals surface area (Å²) in [6, 6.07) is 14.5. The van der Waals surface area contributed by atoms with Crippen molar-refractivity contribution in [1.29, 1.82) is 0 Å². The molecule has 0 fully saturated rings. The van der Waals surface area contributed by atoms with Crippen molar-refractivity contribution in [2.24, 2.45) is 11.0 Å². The summed E-state index contributed by atoms with van der Waals surface area (Å²) in [5, 5.41) is 5.54. The van der Waals surface area contributed by atoms with Crippen molar-refractivity contribution in [2.45, 2.75) is 26.2 Å². The Kier molecular flexibility index (Phi) is 6.24. The number of carbonyl (C=O) groups excluding carboxylic acids is 2. The molecule has 1 amide bonds. The summed E-state index contributed by atoms with van der Waals surface area (Å²) in [6.45, 7) is 2.42. The third kappa shape index (κ3) is 4.57. The molecule has 3 aromatic rings. The molecular formula is C26H23F2N3O3. The zero-order chi connectivity index (χ0) is 24.5. The van der Waals surface area contributed by atoms with E-state index in [1.54, 1.807) is 50.7 Å². The first-order valence-corrected chi connectivity index (χ1v) is 10.7. The van der Waals surface area contributed by atoms with E-state index in [1.165, 1.54) is 23.2 Å². The molecule has 1 aliphatic rings. The van der Waals surface area contributed by atoms with Gasteiger partial charge in [-0.3, -0.25) is 14.6 Å². The Hall–Kier alpha value is -3.94. The summed E-state index contributed by atoms with van der Waals surface area (Å²) in [4.78, 5) is 30.2. The van der Waals surface area contributed by atoms with Gasteiger partial charge in [-0.2, -0.15) is 10.1 Å². The summed E-state index contributed by atoms with van der Waals surface area (Å²) in [7, 11) is 1.56. The maximum Gasteiger partial charge on any atom is 0.270 e. The second kappa shape index (κ2) is 9.13. The van der Waals surface area contributed by atoms with Gasteiger partial charge < -0.3 is 4.74 Å². The van der Waals surface area contributed by atoms with E-state index in [4.69, 9.17) is 4.74 Å². The lowest BCUT2D eigenvalue weighted by molar-refractivity contribution is -0.128. The molecule has 0 saturated carbocycles. The van der Waals surface area contributed by atoms with Gasteiger partial charge in [0.05, 0.1) is 18.5 Å². The Balaban J connectivity index is 1.59. The van der Waals surface area contributed by atoms with E-state index in [9.17, 15) is 18.4 Å². The fourth-order valence-electron chi connectivity index (χ4n) is 3.96. The predicted molar refractivity (Wildman–Crippen MR) is 125 cm³/mol. The number of benzene rings is 2. The number of nitrogens with zero attached hydrogens (tertiary/aromatic N) is 3. The highest BCUT2D eigenvalue weighted by atomic mass is 19.3. The van der Waals surface area contributed by atoms with Gasteiger partial charge in [-0.15, -0.1) is 0 Å². The molecule has 1 unspecified atom stereocenters. The van der Waals surface area contributed by atoms with Crippen molar-refractivity contribution in [3.05, 3.63) is 78.1 Å². The Bertz CT molecular complexity index is 1270. The molecular weight excluding hydrogens is 440 g/mol. The molecule has 174 valence electrons.